The molecule has 0 saturated heterocycles. The SMILES string of the molecule is CSCCC(NC(=O)C(CO)NC(=O)C(N)CO)C(=O)NC(C(=O)O)C(C)O. The summed E-state index contributed by atoms with van der Waals surface area (Å²) in [4.78, 5) is 47.5. The molecule has 0 aliphatic carbocycles. The fourth-order valence-corrected chi connectivity index (χ4v) is 2.45. The highest BCUT2D eigenvalue weighted by atomic mass is 32.2. The number of thioether (sulfide) groups is 1. The summed E-state index contributed by atoms with van der Waals surface area (Å²) >= 11 is 1.38. The van der Waals surface area contributed by atoms with E-state index in [1.807, 2.05) is 0 Å². The van der Waals surface area contributed by atoms with Crippen LogP contribution in [0, 0.1) is 0 Å². The van der Waals surface area contributed by atoms with Gasteiger partial charge >= 0.3 is 5.97 Å². The van der Waals surface area contributed by atoms with Crippen LogP contribution in [0.2, 0.25) is 0 Å². The lowest BCUT2D eigenvalue weighted by Crippen LogP contribution is -2.59. The van der Waals surface area contributed by atoms with E-state index in [1.54, 1.807) is 6.26 Å². The van der Waals surface area contributed by atoms with Gasteiger partial charge in [-0.1, -0.05) is 0 Å². The number of carbonyl (C=O) groups excluding carboxylic acids is 3. The second kappa shape index (κ2) is 13.3. The van der Waals surface area contributed by atoms with E-state index in [-0.39, 0.29) is 6.42 Å². The number of rotatable bonds is 13. The lowest BCUT2D eigenvalue weighted by Gasteiger charge is -2.25. The van der Waals surface area contributed by atoms with E-state index in [0.29, 0.717) is 5.75 Å². The minimum Gasteiger partial charge on any atom is -0.480 e. The van der Waals surface area contributed by atoms with E-state index in [0.717, 1.165) is 0 Å². The van der Waals surface area contributed by atoms with Crippen LogP contribution < -0.4 is 21.7 Å². The summed E-state index contributed by atoms with van der Waals surface area (Å²) in [5.74, 6) is -3.62. The number of hydrogen-bond donors (Lipinski definition) is 8. The number of carbonyl (C=O) groups is 4. The first-order chi connectivity index (χ1) is 13.1. The van der Waals surface area contributed by atoms with Gasteiger partial charge in [0.05, 0.1) is 19.3 Å². The predicted molar refractivity (Wildman–Crippen MR) is 100 cm³/mol. The molecule has 0 saturated carbocycles. The zero-order valence-electron chi connectivity index (χ0n) is 15.6. The molecule has 0 spiro atoms. The van der Waals surface area contributed by atoms with Crippen molar-refractivity contribution in [1.29, 1.82) is 0 Å². The highest BCUT2D eigenvalue weighted by Gasteiger charge is 2.31. The summed E-state index contributed by atoms with van der Waals surface area (Å²) < 4.78 is 0. The Bertz CT molecular complexity index is 548. The molecule has 12 nitrogen and oxygen atoms in total. The van der Waals surface area contributed by atoms with Gasteiger partial charge in [0.15, 0.2) is 6.04 Å². The second-order valence-corrected chi connectivity index (χ2v) is 6.93. The molecule has 0 bridgehead atoms. The van der Waals surface area contributed by atoms with Gasteiger partial charge in [-0.05, 0) is 25.4 Å². The van der Waals surface area contributed by atoms with Gasteiger partial charge in [-0.2, -0.15) is 11.8 Å². The van der Waals surface area contributed by atoms with Crippen LogP contribution in [0.4, 0.5) is 0 Å². The Morgan fingerprint density at radius 1 is 0.964 bits per heavy atom. The number of amides is 3. The Hall–Kier alpha value is -1.93. The number of nitrogens with one attached hydrogen (secondary N) is 3. The normalized spacial score (nSPS) is 16.2. The molecule has 0 aromatic rings. The fraction of sp³-hybridized carbons (Fsp3) is 0.733. The highest BCUT2D eigenvalue weighted by molar-refractivity contribution is 7.98. The minimum absolute atomic E-state index is 0.132. The molecule has 5 atom stereocenters. The molecule has 0 aliphatic heterocycles. The van der Waals surface area contributed by atoms with E-state index in [1.165, 1.54) is 18.7 Å². The van der Waals surface area contributed by atoms with Crippen LogP contribution >= 0.6 is 11.8 Å². The largest absolute Gasteiger partial charge is 0.480 e. The maximum absolute atomic E-state index is 12.4. The van der Waals surface area contributed by atoms with Crippen molar-refractivity contribution in [1.82, 2.24) is 16.0 Å². The van der Waals surface area contributed by atoms with Gasteiger partial charge in [0.25, 0.3) is 0 Å². The van der Waals surface area contributed by atoms with Crippen LogP contribution in [0.25, 0.3) is 0 Å². The molecule has 5 unspecified atom stereocenters. The molecule has 13 heteroatoms. The van der Waals surface area contributed by atoms with Gasteiger partial charge in [-0.3, -0.25) is 14.4 Å². The van der Waals surface area contributed by atoms with Crippen molar-refractivity contribution < 1.29 is 39.6 Å². The third-order valence-corrected chi connectivity index (χ3v) is 4.28. The zero-order chi connectivity index (χ0) is 21.9. The summed E-state index contributed by atoms with van der Waals surface area (Å²) in [5.41, 5.74) is 5.32. The number of aliphatic hydroxyl groups is 3. The number of hydrogen-bond acceptors (Lipinski definition) is 9. The topological polar surface area (TPSA) is 211 Å². The summed E-state index contributed by atoms with van der Waals surface area (Å²) in [7, 11) is 0. The number of aliphatic carboxylic acids is 1. The summed E-state index contributed by atoms with van der Waals surface area (Å²) in [5, 5.41) is 43.3. The number of carboxylic acids is 1. The Kier molecular flexibility index (Phi) is 12.4. The maximum atomic E-state index is 12.4. The lowest BCUT2D eigenvalue weighted by molar-refractivity contribution is -0.145. The van der Waals surface area contributed by atoms with Gasteiger partial charge < -0.3 is 42.1 Å². The molecule has 0 heterocycles. The molecule has 0 fully saturated rings. The molecule has 0 aromatic carbocycles. The van der Waals surface area contributed by atoms with E-state index < -0.39 is 67.2 Å². The Morgan fingerprint density at radius 2 is 1.50 bits per heavy atom. The zero-order valence-corrected chi connectivity index (χ0v) is 16.4. The molecule has 0 rings (SSSR count). The van der Waals surface area contributed by atoms with E-state index in [9.17, 15) is 29.4 Å². The third-order valence-electron chi connectivity index (χ3n) is 3.64. The van der Waals surface area contributed by atoms with Gasteiger partial charge in [-0.25, -0.2) is 4.79 Å². The summed E-state index contributed by atoms with van der Waals surface area (Å²) in [6.45, 7) is -0.269. The van der Waals surface area contributed by atoms with Crippen LogP contribution in [0.1, 0.15) is 13.3 Å². The van der Waals surface area contributed by atoms with E-state index >= 15 is 0 Å². The third kappa shape index (κ3) is 8.84. The minimum atomic E-state index is -1.57. The quantitative estimate of drug-likeness (QED) is 0.143. The van der Waals surface area contributed by atoms with Crippen LogP contribution in [0.15, 0.2) is 0 Å². The van der Waals surface area contributed by atoms with Crippen LogP contribution in [-0.4, -0.2) is 99.6 Å². The monoisotopic (exact) mass is 424 g/mol. The molecule has 28 heavy (non-hydrogen) atoms. The van der Waals surface area contributed by atoms with Gasteiger partial charge in [0, 0.05) is 0 Å². The standard InChI is InChI=1S/C15H28N4O8S/c1-7(22)11(15(26)27)19-13(24)9(3-4-28-2)17-14(25)10(6-21)18-12(23)8(16)5-20/h7-11,20-22H,3-6,16H2,1-2H3,(H,17,25)(H,18,23)(H,19,24)(H,26,27). The maximum Gasteiger partial charge on any atom is 0.328 e. The molecule has 162 valence electrons. The van der Waals surface area contributed by atoms with Crippen molar-refractivity contribution in [2.24, 2.45) is 5.73 Å². The van der Waals surface area contributed by atoms with Gasteiger partial charge in [-0.15, -0.1) is 0 Å². The van der Waals surface area contributed by atoms with Crippen molar-refractivity contribution in [3.8, 4) is 0 Å². The molecule has 0 radical (unpaired) electrons. The van der Waals surface area contributed by atoms with Crippen LogP contribution in [0.5, 0.6) is 0 Å². The first-order valence-electron chi connectivity index (χ1n) is 8.37. The smallest absolute Gasteiger partial charge is 0.328 e. The molecule has 0 aliphatic rings. The summed E-state index contributed by atoms with van der Waals surface area (Å²) in [6, 6.07) is -5.46. The van der Waals surface area contributed by atoms with E-state index in [2.05, 4.69) is 16.0 Å². The van der Waals surface area contributed by atoms with Gasteiger partial charge in [0.1, 0.15) is 18.1 Å². The molecule has 0 aromatic heterocycles. The van der Waals surface area contributed by atoms with Crippen molar-refractivity contribution >= 4 is 35.5 Å². The van der Waals surface area contributed by atoms with Crippen molar-refractivity contribution in [2.75, 3.05) is 25.2 Å². The predicted octanol–water partition coefficient (Wildman–Crippen LogP) is -4.03. The van der Waals surface area contributed by atoms with Gasteiger partial charge in [0.2, 0.25) is 17.7 Å². The van der Waals surface area contributed by atoms with E-state index in [4.69, 9.17) is 15.9 Å². The molecule has 3 amide bonds. The first kappa shape index (κ1) is 26.1. The fourth-order valence-electron chi connectivity index (χ4n) is 1.98. The Labute approximate surface area is 166 Å². The number of aliphatic hydroxyl groups excluding tert-OH is 3. The average molecular weight is 424 g/mol. The first-order valence-corrected chi connectivity index (χ1v) is 9.76. The molecular formula is C15H28N4O8S. The molecular weight excluding hydrogens is 396 g/mol. The van der Waals surface area contributed by atoms with Crippen molar-refractivity contribution in [3.63, 3.8) is 0 Å². The van der Waals surface area contributed by atoms with Crippen molar-refractivity contribution in [2.45, 2.75) is 43.6 Å². The van der Waals surface area contributed by atoms with Crippen molar-refractivity contribution in [3.05, 3.63) is 0 Å². The number of carboxylic acid groups (broad SMARTS) is 1. The average Bonchev–Trinajstić information content (AvgIpc) is 2.65. The molecule has 9 N–H and O–H groups in total. The number of nitrogens with two attached hydrogens (primary N) is 1. The Balaban J connectivity index is 5.18. The lowest BCUT2D eigenvalue weighted by atomic mass is 10.1. The summed E-state index contributed by atoms with van der Waals surface area (Å²) in [6.07, 6.45) is 0.523. The van der Waals surface area contributed by atoms with Crippen LogP contribution in [-0.2, 0) is 19.2 Å². The Morgan fingerprint density at radius 3 is 1.93 bits per heavy atom. The second-order valence-electron chi connectivity index (χ2n) is 5.94. The highest BCUT2D eigenvalue weighted by Crippen LogP contribution is 2.04. The van der Waals surface area contributed by atoms with Crippen LogP contribution in [0.3, 0.4) is 0 Å².